The third-order valence-corrected chi connectivity index (χ3v) is 1.30. The van der Waals surface area contributed by atoms with Crippen molar-refractivity contribution in [2.75, 3.05) is 0 Å². The van der Waals surface area contributed by atoms with Gasteiger partial charge >= 0.3 is 0 Å². The van der Waals surface area contributed by atoms with Crippen LogP contribution < -0.4 is 0 Å². The fourth-order valence-corrected chi connectivity index (χ4v) is 0.747. The van der Waals surface area contributed by atoms with Gasteiger partial charge in [0, 0.05) is 6.20 Å². The van der Waals surface area contributed by atoms with Crippen molar-refractivity contribution < 1.29 is 0 Å². The Morgan fingerprint density at radius 1 is 1.67 bits per heavy atom. The molecule has 1 aromatic heterocycles. The highest BCUT2D eigenvalue weighted by Crippen LogP contribution is 2.11. The monoisotopic (exact) mass is 139 g/mol. The van der Waals surface area contributed by atoms with E-state index in [0.29, 0.717) is 5.02 Å². The molecule has 1 aromatic rings. The predicted octanol–water partition coefficient (Wildman–Crippen LogP) is 2.38. The van der Waals surface area contributed by atoms with Crippen molar-refractivity contribution in [1.82, 2.24) is 4.98 Å². The summed E-state index contributed by atoms with van der Waals surface area (Å²) in [5.41, 5.74) is 0.735. The van der Waals surface area contributed by atoms with Gasteiger partial charge in [-0.2, -0.15) is 0 Å². The van der Waals surface area contributed by atoms with E-state index < -0.39 is 0 Å². The molecule has 0 aliphatic rings. The van der Waals surface area contributed by atoms with Gasteiger partial charge in [0.05, 0.1) is 10.7 Å². The van der Waals surface area contributed by atoms with Crippen molar-refractivity contribution in [3.05, 3.63) is 35.6 Å². The Balaban J connectivity index is 3.15. The van der Waals surface area contributed by atoms with Crippen LogP contribution in [0.3, 0.4) is 0 Å². The molecule has 0 saturated carbocycles. The zero-order chi connectivity index (χ0) is 6.69. The largest absolute Gasteiger partial charge is 0.255 e. The van der Waals surface area contributed by atoms with E-state index in [-0.39, 0.29) is 0 Å². The number of pyridine rings is 1. The van der Waals surface area contributed by atoms with Crippen LogP contribution in [0.15, 0.2) is 24.9 Å². The first kappa shape index (κ1) is 6.30. The van der Waals surface area contributed by atoms with Crippen LogP contribution in [-0.4, -0.2) is 4.98 Å². The Morgan fingerprint density at radius 3 is 2.89 bits per heavy atom. The van der Waals surface area contributed by atoms with Crippen LogP contribution in [0.1, 0.15) is 5.69 Å². The maximum absolute atomic E-state index is 5.69. The maximum atomic E-state index is 5.69. The summed E-state index contributed by atoms with van der Waals surface area (Å²) in [5.74, 6) is 0. The molecule has 0 saturated heterocycles. The summed E-state index contributed by atoms with van der Waals surface area (Å²) in [4.78, 5) is 3.95. The number of aromatic nitrogens is 1. The highest BCUT2D eigenvalue weighted by molar-refractivity contribution is 6.31. The summed E-state index contributed by atoms with van der Waals surface area (Å²) >= 11 is 5.69. The van der Waals surface area contributed by atoms with Crippen molar-refractivity contribution in [1.29, 1.82) is 0 Å². The molecule has 0 aromatic carbocycles. The highest BCUT2D eigenvalue weighted by atomic mass is 35.5. The molecule has 0 aliphatic carbocycles. The first-order chi connectivity index (χ1) is 4.34. The van der Waals surface area contributed by atoms with Gasteiger partial charge in [0.25, 0.3) is 0 Å². The lowest BCUT2D eigenvalue weighted by Crippen LogP contribution is -1.77. The third kappa shape index (κ3) is 1.30. The molecular formula is C7H6ClN. The molecule has 0 fully saturated rings. The molecule has 0 radical (unpaired) electrons. The molecule has 0 N–H and O–H groups in total. The zero-order valence-corrected chi connectivity index (χ0v) is 5.60. The lowest BCUT2D eigenvalue weighted by atomic mass is 10.3. The van der Waals surface area contributed by atoms with Crippen LogP contribution in [0.2, 0.25) is 5.02 Å². The predicted molar refractivity (Wildman–Crippen MR) is 39.3 cm³/mol. The second-order valence-electron chi connectivity index (χ2n) is 1.57. The van der Waals surface area contributed by atoms with Gasteiger partial charge in [-0.25, -0.2) is 0 Å². The smallest absolute Gasteiger partial charge is 0.0809 e. The number of hydrogen-bond donors (Lipinski definition) is 0. The molecular weight excluding hydrogens is 134 g/mol. The minimum Gasteiger partial charge on any atom is -0.255 e. The average Bonchev–Trinajstić information content (AvgIpc) is 1.89. The van der Waals surface area contributed by atoms with Gasteiger partial charge in [0.2, 0.25) is 0 Å². The molecule has 2 heteroatoms. The Hall–Kier alpha value is -0.820. The fraction of sp³-hybridized carbons (Fsp3) is 0. The molecule has 1 rings (SSSR count). The Labute approximate surface area is 59.0 Å². The SMILES string of the molecule is C=Cc1ncccc1Cl. The normalized spacial score (nSPS) is 9.00. The van der Waals surface area contributed by atoms with E-state index >= 15 is 0 Å². The van der Waals surface area contributed by atoms with E-state index in [2.05, 4.69) is 11.6 Å². The quantitative estimate of drug-likeness (QED) is 0.582. The summed E-state index contributed by atoms with van der Waals surface area (Å²) < 4.78 is 0. The molecule has 46 valence electrons. The second kappa shape index (κ2) is 2.65. The van der Waals surface area contributed by atoms with Crippen LogP contribution in [0.4, 0.5) is 0 Å². The number of rotatable bonds is 1. The van der Waals surface area contributed by atoms with E-state index in [0.717, 1.165) is 5.69 Å². The molecule has 0 bridgehead atoms. The minimum absolute atomic E-state index is 0.646. The van der Waals surface area contributed by atoms with E-state index in [1.807, 2.05) is 0 Å². The van der Waals surface area contributed by atoms with Gasteiger partial charge in [-0.1, -0.05) is 18.2 Å². The first-order valence-electron chi connectivity index (χ1n) is 2.57. The van der Waals surface area contributed by atoms with E-state index in [9.17, 15) is 0 Å². The summed E-state index contributed by atoms with van der Waals surface area (Å²) in [6.45, 7) is 3.54. The summed E-state index contributed by atoms with van der Waals surface area (Å²) in [7, 11) is 0. The topological polar surface area (TPSA) is 12.9 Å². The third-order valence-electron chi connectivity index (χ3n) is 0.980. The van der Waals surface area contributed by atoms with E-state index in [1.165, 1.54) is 0 Å². The zero-order valence-electron chi connectivity index (χ0n) is 4.84. The van der Waals surface area contributed by atoms with Crippen LogP contribution in [0.5, 0.6) is 0 Å². The molecule has 0 spiro atoms. The summed E-state index contributed by atoms with van der Waals surface area (Å²) in [5, 5.41) is 0.646. The first-order valence-corrected chi connectivity index (χ1v) is 2.95. The van der Waals surface area contributed by atoms with Gasteiger partial charge in [-0.3, -0.25) is 4.98 Å². The highest BCUT2D eigenvalue weighted by Gasteiger charge is 1.91. The molecule has 9 heavy (non-hydrogen) atoms. The van der Waals surface area contributed by atoms with Crippen LogP contribution in [0.25, 0.3) is 6.08 Å². The van der Waals surface area contributed by atoms with Crippen molar-refractivity contribution >= 4 is 17.7 Å². The molecule has 0 unspecified atom stereocenters. The lowest BCUT2D eigenvalue weighted by Gasteiger charge is -1.91. The van der Waals surface area contributed by atoms with Crippen molar-refractivity contribution in [3.8, 4) is 0 Å². The molecule has 0 atom stereocenters. The van der Waals surface area contributed by atoms with Gasteiger partial charge in [0.15, 0.2) is 0 Å². The Morgan fingerprint density at radius 2 is 2.44 bits per heavy atom. The minimum atomic E-state index is 0.646. The average molecular weight is 140 g/mol. The van der Waals surface area contributed by atoms with Gasteiger partial charge < -0.3 is 0 Å². The maximum Gasteiger partial charge on any atom is 0.0809 e. The number of nitrogens with zero attached hydrogens (tertiary/aromatic N) is 1. The Bertz CT molecular complexity index is 220. The van der Waals surface area contributed by atoms with E-state index in [4.69, 9.17) is 11.6 Å². The van der Waals surface area contributed by atoms with Gasteiger partial charge in [0.1, 0.15) is 0 Å². The van der Waals surface area contributed by atoms with Crippen LogP contribution >= 0.6 is 11.6 Å². The molecule has 0 amide bonds. The Kier molecular flexibility index (Phi) is 1.85. The van der Waals surface area contributed by atoms with Crippen molar-refractivity contribution in [2.24, 2.45) is 0 Å². The summed E-state index contributed by atoms with van der Waals surface area (Å²) in [6, 6.07) is 3.57. The van der Waals surface area contributed by atoms with E-state index in [1.54, 1.807) is 24.4 Å². The van der Waals surface area contributed by atoms with Crippen LogP contribution in [-0.2, 0) is 0 Å². The lowest BCUT2D eigenvalue weighted by molar-refractivity contribution is 1.30. The molecule has 1 heterocycles. The fourth-order valence-electron chi connectivity index (χ4n) is 0.548. The van der Waals surface area contributed by atoms with Gasteiger partial charge in [-0.05, 0) is 18.2 Å². The van der Waals surface area contributed by atoms with Crippen molar-refractivity contribution in [2.45, 2.75) is 0 Å². The molecule has 1 nitrogen and oxygen atoms in total. The molecule has 0 aliphatic heterocycles. The standard InChI is InChI=1S/C7H6ClN/c1-2-7-6(8)4-3-5-9-7/h2-5H,1H2. The van der Waals surface area contributed by atoms with Crippen LogP contribution in [0, 0.1) is 0 Å². The summed E-state index contributed by atoms with van der Waals surface area (Å²) in [6.07, 6.45) is 3.31. The van der Waals surface area contributed by atoms with Crippen molar-refractivity contribution in [3.63, 3.8) is 0 Å². The number of hydrogen-bond acceptors (Lipinski definition) is 1. The van der Waals surface area contributed by atoms with Gasteiger partial charge in [-0.15, -0.1) is 0 Å². The number of halogens is 1. The second-order valence-corrected chi connectivity index (χ2v) is 1.98.